The van der Waals surface area contributed by atoms with Gasteiger partial charge in [-0.05, 0) is 51.6 Å². The molecule has 0 aliphatic carbocycles. The molecule has 2 unspecified atom stereocenters. The van der Waals surface area contributed by atoms with Crippen molar-refractivity contribution in [1.82, 2.24) is 15.5 Å². The molecule has 2 aliphatic heterocycles. The first-order valence-electron chi connectivity index (χ1n) is 10.2. The van der Waals surface area contributed by atoms with E-state index in [2.05, 4.69) is 29.4 Å². The summed E-state index contributed by atoms with van der Waals surface area (Å²) in [6.45, 7) is 14.1. The molecule has 2 atom stereocenters. The van der Waals surface area contributed by atoms with Crippen LogP contribution in [0.5, 0.6) is 0 Å². The molecule has 0 aromatic heterocycles. The number of ether oxygens (including phenoxy) is 2. The van der Waals surface area contributed by atoms with Crippen molar-refractivity contribution in [2.75, 3.05) is 65.7 Å². The smallest absolute Gasteiger partial charge is 0.191 e. The molecule has 2 N–H and O–H groups in total. The Morgan fingerprint density at radius 3 is 2.85 bits per heavy atom. The van der Waals surface area contributed by atoms with Gasteiger partial charge in [0.2, 0.25) is 0 Å². The van der Waals surface area contributed by atoms with Crippen LogP contribution in [0.4, 0.5) is 0 Å². The number of nitrogens with one attached hydrogen (secondary N) is 2. The predicted molar refractivity (Wildman–Crippen MR) is 119 cm³/mol. The molecular weight excluding hydrogens is 443 g/mol. The summed E-state index contributed by atoms with van der Waals surface area (Å²) in [6, 6.07) is 0. The van der Waals surface area contributed by atoms with Crippen molar-refractivity contribution >= 4 is 29.9 Å². The molecule has 0 amide bonds. The second-order valence-corrected chi connectivity index (χ2v) is 7.21. The van der Waals surface area contributed by atoms with Gasteiger partial charge in [0.05, 0.1) is 13.2 Å². The quantitative estimate of drug-likeness (QED) is 0.217. The van der Waals surface area contributed by atoms with E-state index in [1.165, 1.54) is 25.9 Å². The molecule has 2 rings (SSSR count). The average molecular weight is 482 g/mol. The van der Waals surface area contributed by atoms with Gasteiger partial charge in [-0.2, -0.15) is 0 Å². The first-order valence-corrected chi connectivity index (χ1v) is 10.2. The zero-order chi connectivity index (χ0) is 17.7. The van der Waals surface area contributed by atoms with E-state index < -0.39 is 0 Å². The maximum absolute atomic E-state index is 5.75. The van der Waals surface area contributed by atoms with Gasteiger partial charge in [-0.25, -0.2) is 0 Å². The van der Waals surface area contributed by atoms with Crippen LogP contribution < -0.4 is 10.6 Å². The fourth-order valence-corrected chi connectivity index (χ4v) is 3.50. The summed E-state index contributed by atoms with van der Waals surface area (Å²) >= 11 is 0. The number of piperidine rings is 1. The molecular formula is C19H39IN4O2. The van der Waals surface area contributed by atoms with Crippen LogP contribution in [0.3, 0.4) is 0 Å². The topological polar surface area (TPSA) is 58.1 Å². The van der Waals surface area contributed by atoms with Gasteiger partial charge in [0, 0.05) is 45.3 Å². The largest absolute Gasteiger partial charge is 0.381 e. The molecule has 2 heterocycles. The van der Waals surface area contributed by atoms with Crippen LogP contribution >= 0.6 is 24.0 Å². The molecule has 2 fully saturated rings. The van der Waals surface area contributed by atoms with E-state index in [0.29, 0.717) is 11.8 Å². The SMILES string of the molecule is CCNC(=NCC1CCCN(CC)C1)NCCCOCC1CCOC1.I. The normalized spacial score (nSPS) is 24.3. The molecule has 6 nitrogen and oxygen atoms in total. The number of aliphatic imine (C=N–C) groups is 1. The number of hydrogen-bond donors (Lipinski definition) is 2. The van der Waals surface area contributed by atoms with Crippen LogP contribution in [0, 0.1) is 11.8 Å². The highest BCUT2D eigenvalue weighted by atomic mass is 127. The lowest BCUT2D eigenvalue weighted by Gasteiger charge is -2.31. The van der Waals surface area contributed by atoms with Crippen molar-refractivity contribution in [3.8, 4) is 0 Å². The number of likely N-dealkylation sites (tertiary alicyclic amines) is 1. The highest BCUT2D eigenvalue weighted by Crippen LogP contribution is 2.16. The minimum atomic E-state index is 0. The molecule has 0 spiro atoms. The van der Waals surface area contributed by atoms with Crippen molar-refractivity contribution in [2.45, 2.75) is 39.5 Å². The third kappa shape index (κ3) is 9.71. The molecule has 2 saturated heterocycles. The Balaban J connectivity index is 0.00000338. The lowest BCUT2D eigenvalue weighted by atomic mass is 9.98. The number of guanidine groups is 1. The molecule has 7 heteroatoms. The number of rotatable bonds is 10. The zero-order valence-electron chi connectivity index (χ0n) is 16.7. The molecule has 0 aromatic rings. The van der Waals surface area contributed by atoms with Crippen molar-refractivity contribution in [3.05, 3.63) is 0 Å². The summed E-state index contributed by atoms with van der Waals surface area (Å²) in [5.74, 6) is 2.24. The minimum absolute atomic E-state index is 0. The summed E-state index contributed by atoms with van der Waals surface area (Å²) in [5, 5.41) is 6.79. The summed E-state index contributed by atoms with van der Waals surface area (Å²) in [6.07, 6.45) is 4.76. The molecule has 0 saturated carbocycles. The molecule has 26 heavy (non-hydrogen) atoms. The van der Waals surface area contributed by atoms with E-state index in [0.717, 1.165) is 71.4 Å². The van der Waals surface area contributed by atoms with Crippen LogP contribution in [0.15, 0.2) is 4.99 Å². The van der Waals surface area contributed by atoms with E-state index in [1.54, 1.807) is 0 Å². The highest BCUT2D eigenvalue weighted by Gasteiger charge is 2.18. The van der Waals surface area contributed by atoms with Crippen molar-refractivity contribution in [1.29, 1.82) is 0 Å². The number of nitrogens with zero attached hydrogens (tertiary/aromatic N) is 2. The minimum Gasteiger partial charge on any atom is -0.381 e. The summed E-state index contributed by atoms with van der Waals surface area (Å²) in [7, 11) is 0. The van der Waals surface area contributed by atoms with Crippen LogP contribution in [0.2, 0.25) is 0 Å². The van der Waals surface area contributed by atoms with Crippen LogP contribution in [0.1, 0.15) is 39.5 Å². The van der Waals surface area contributed by atoms with E-state index in [4.69, 9.17) is 14.5 Å². The summed E-state index contributed by atoms with van der Waals surface area (Å²) in [5.41, 5.74) is 0. The van der Waals surface area contributed by atoms with Crippen molar-refractivity contribution in [3.63, 3.8) is 0 Å². The number of halogens is 1. The maximum atomic E-state index is 5.75. The Morgan fingerprint density at radius 1 is 1.23 bits per heavy atom. The summed E-state index contributed by atoms with van der Waals surface area (Å²) in [4.78, 5) is 7.34. The number of hydrogen-bond acceptors (Lipinski definition) is 4. The van der Waals surface area contributed by atoms with Crippen molar-refractivity contribution < 1.29 is 9.47 Å². The van der Waals surface area contributed by atoms with Gasteiger partial charge in [0.25, 0.3) is 0 Å². The van der Waals surface area contributed by atoms with E-state index in [1.807, 2.05) is 0 Å². The second kappa shape index (κ2) is 14.9. The van der Waals surface area contributed by atoms with Crippen molar-refractivity contribution in [2.24, 2.45) is 16.8 Å². The van der Waals surface area contributed by atoms with Gasteiger partial charge in [-0.1, -0.05) is 6.92 Å². The van der Waals surface area contributed by atoms with Gasteiger partial charge in [0.15, 0.2) is 5.96 Å². The third-order valence-corrected chi connectivity index (χ3v) is 5.04. The van der Waals surface area contributed by atoms with Gasteiger partial charge < -0.3 is 25.0 Å². The molecule has 0 bridgehead atoms. The van der Waals surface area contributed by atoms with Gasteiger partial charge in [-0.3, -0.25) is 4.99 Å². The Morgan fingerprint density at radius 2 is 2.12 bits per heavy atom. The summed E-state index contributed by atoms with van der Waals surface area (Å²) < 4.78 is 11.1. The first-order chi connectivity index (χ1) is 12.3. The second-order valence-electron chi connectivity index (χ2n) is 7.21. The first kappa shape index (κ1) is 23.9. The predicted octanol–water partition coefficient (Wildman–Crippen LogP) is 2.33. The highest BCUT2D eigenvalue weighted by molar-refractivity contribution is 14.0. The molecule has 0 aromatic carbocycles. The Bertz CT molecular complexity index is 379. The maximum Gasteiger partial charge on any atom is 0.191 e. The molecule has 154 valence electrons. The van der Waals surface area contributed by atoms with E-state index in [-0.39, 0.29) is 24.0 Å². The van der Waals surface area contributed by atoms with E-state index in [9.17, 15) is 0 Å². The van der Waals surface area contributed by atoms with Gasteiger partial charge >= 0.3 is 0 Å². The molecule has 0 radical (unpaired) electrons. The van der Waals surface area contributed by atoms with Gasteiger partial charge in [0.1, 0.15) is 0 Å². The monoisotopic (exact) mass is 482 g/mol. The third-order valence-electron chi connectivity index (χ3n) is 5.04. The lowest BCUT2D eigenvalue weighted by molar-refractivity contribution is 0.0888. The lowest BCUT2D eigenvalue weighted by Crippen LogP contribution is -2.40. The van der Waals surface area contributed by atoms with Gasteiger partial charge in [-0.15, -0.1) is 24.0 Å². The Hall–Kier alpha value is -0.120. The standard InChI is InChI=1S/C19H38N4O2.HI/c1-3-20-19(22-13-17-7-5-10-23(4-2)14-17)21-9-6-11-24-15-18-8-12-25-16-18;/h17-18H,3-16H2,1-2H3,(H2,20,21,22);1H. The van der Waals surface area contributed by atoms with Crippen LogP contribution in [0.25, 0.3) is 0 Å². The Labute approximate surface area is 176 Å². The zero-order valence-corrected chi connectivity index (χ0v) is 19.0. The fourth-order valence-electron chi connectivity index (χ4n) is 3.50. The molecule has 2 aliphatic rings. The van der Waals surface area contributed by atoms with Crippen LogP contribution in [-0.2, 0) is 9.47 Å². The Kier molecular flexibility index (Phi) is 13.7. The van der Waals surface area contributed by atoms with E-state index >= 15 is 0 Å². The fraction of sp³-hybridized carbons (Fsp3) is 0.947. The van der Waals surface area contributed by atoms with Crippen LogP contribution in [-0.4, -0.2) is 76.6 Å². The average Bonchev–Trinajstić information content (AvgIpc) is 3.16.